The molecule has 0 amide bonds. The molecule has 0 aliphatic carbocycles. The fourth-order valence-corrected chi connectivity index (χ4v) is 1.83. The average molecular weight is 260 g/mol. The first kappa shape index (κ1) is 16.2. The quantitative estimate of drug-likeness (QED) is 0.872. The third kappa shape index (κ3) is 4.19. The summed E-state index contributed by atoms with van der Waals surface area (Å²) in [5, 5.41) is 19.9. The van der Waals surface area contributed by atoms with E-state index in [4.69, 9.17) is 0 Å². The van der Waals surface area contributed by atoms with Gasteiger partial charge in [0.15, 0.2) is 0 Å². The lowest BCUT2D eigenvalue weighted by Crippen LogP contribution is -2.36. The van der Waals surface area contributed by atoms with Gasteiger partial charge in [0.1, 0.15) is 5.75 Å². The van der Waals surface area contributed by atoms with Gasteiger partial charge in [0.05, 0.1) is 5.60 Å². The van der Waals surface area contributed by atoms with E-state index in [1.165, 1.54) is 0 Å². The molecule has 2 atom stereocenters. The van der Waals surface area contributed by atoms with Crippen LogP contribution >= 0.6 is 12.4 Å². The normalized spacial score (nSPS) is 16.1. The molecule has 17 heavy (non-hydrogen) atoms. The standard InChI is InChI=1S/C13H21NO2.ClH/c1-10(9-14(3)4)13(2,16)11-6-5-7-12(15)8-11;/h5-8,10,15-16H,9H2,1-4H3;1H/t10-,13-;/m0./s1. The maximum absolute atomic E-state index is 10.5. The lowest BCUT2D eigenvalue weighted by atomic mass is 9.83. The first-order chi connectivity index (χ1) is 7.34. The Labute approximate surface area is 109 Å². The Bertz CT molecular complexity index is 353. The number of nitrogens with zero attached hydrogens (tertiary/aromatic N) is 1. The van der Waals surface area contributed by atoms with Gasteiger partial charge in [0.25, 0.3) is 0 Å². The predicted molar refractivity (Wildman–Crippen MR) is 72.6 cm³/mol. The van der Waals surface area contributed by atoms with Crippen molar-refractivity contribution >= 4 is 12.4 Å². The molecule has 0 radical (unpaired) electrons. The first-order valence-corrected chi connectivity index (χ1v) is 5.50. The van der Waals surface area contributed by atoms with E-state index in [0.717, 1.165) is 12.1 Å². The summed E-state index contributed by atoms with van der Waals surface area (Å²) in [7, 11) is 3.96. The van der Waals surface area contributed by atoms with Gasteiger partial charge in [-0.2, -0.15) is 0 Å². The van der Waals surface area contributed by atoms with Crippen molar-refractivity contribution in [3.05, 3.63) is 29.8 Å². The van der Waals surface area contributed by atoms with E-state index >= 15 is 0 Å². The lowest BCUT2D eigenvalue weighted by molar-refractivity contribution is -0.00793. The SMILES string of the molecule is C[C@@H](CN(C)C)[C@](C)(O)c1cccc(O)c1.Cl. The predicted octanol–water partition coefficient (Wildman–Crippen LogP) is 2.22. The molecule has 3 nitrogen and oxygen atoms in total. The van der Waals surface area contributed by atoms with Gasteiger partial charge >= 0.3 is 0 Å². The van der Waals surface area contributed by atoms with Crippen molar-refractivity contribution in [3.8, 4) is 5.75 Å². The zero-order chi connectivity index (χ0) is 12.3. The average Bonchev–Trinajstić information content (AvgIpc) is 2.16. The highest BCUT2D eigenvalue weighted by Gasteiger charge is 2.30. The second-order valence-corrected chi connectivity index (χ2v) is 4.86. The van der Waals surface area contributed by atoms with E-state index in [0.29, 0.717) is 0 Å². The van der Waals surface area contributed by atoms with Crippen molar-refractivity contribution in [1.29, 1.82) is 0 Å². The van der Waals surface area contributed by atoms with Crippen LogP contribution in [0.4, 0.5) is 0 Å². The fourth-order valence-electron chi connectivity index (χ4n) is 1.83. The Morgan fingerprint density at radius 2 is 1.94 bits per heavy atom. The number of phenolic OH excluding ortho intramolecular Hbond substituents is 1. The highest BCUT2D eigenvalue weighted by atomic mass is 35.5. The van der Waals surface area contributed by atoms with Gasteiger partial charge in [0, 0.05) is 12.5 Å². The molecular weight excluding hydrogens is 238 g/mol. The number of hydrogen-bond donors (Lipinski definition) is 2. The van der Waals surface area contributed by atoms with Crippen molar-refractivity contribution in [2.45, 2.75) is 19.4 Å². The highest BCUT2D eigenvalue weighted by Crippen LogP contribution is 2.31. The molecule has 0 heterocycles. The highest BCUT2D eigenvalue weighted by molar-refractivity contribution is 5.85. The minimum atomic E-state index is -0.928. The molecule has 0 aliphatic rings. The van der Waals surface area contributed by atoms with Gasteiger partial charge in [-0.05, 0) is 38.7 Å². The molecule has 0 saturated carbocycles. The van der Waals surface area contributed by atoms with Gasteiger partial charge in [-0.15, -0.1) is 12.4 Å². The molecule has 1 rings (SSSR count). The molecule has 0 saturated heterocycles. The van der Waals surface area contributed by atoms with E-state index in [9.17, 15) is 10.2 Å². The van der Waals surface area contributed by atoms with E-state index in [-0.39, 0.29) is 24.1 Å². The topological polar surface area (TPSA) is 43.7 Å². The summed E-state index contributed by atoms with van der Waals surface area (Å²) in [5.41, 5.74) is -0.176. The summed E-state index contributed by atoms with van der Waals surface area (Å²) in [4.78, 5) is 2.04. The minimum Gasteiger partial charge on any atom is -0.508 e. The zero-order valence-electron chi connectivity index (χ0n) is 10.8. The van der Waals surface area contributed by atoms with E-state index in [1.54, 1.807) is 25.1 Å². The second-order valence-electron chi connectivity index (χ2n) is 4.86. The number of rotatable bonds is 4. The molecular formula is C13H22ClNO2. The third-order valence-corrected chi connectivity index (χ3v) is 3.03. The van der Waals surface area contributed by atoms with Gasteiger partial charge < -0.3 is 15.1 Å². The van der Waals surface area contributed by atoms with Crippen molar-refractivity contribution in [3.63, 3.8) is 0 Å². The molecule has 4 heteroatoms. The zero-order valence-corrected chi connectivity index (χ0v) is 11.7. The maximum atomic E-state index is 10.5. The molecule has 0 fully saturated rings. The summed E-state index contributed by atoms with van der Waals surface area (Å²) in [6.45, 7) is 4.59. The van der Waals surface area contributed by atoms with Crippen molar-refractivity contribution in [1.82, 2.24) is 4.90 Å². The van der Waals surface area contributed by atoms with Gasteiger partial charge in [-0.3, -0.25) is 0 Å². The summed E-state index contributed by atoms with van der Waals surface area (Å²) >= 11 is 0. The molecule has 0 spiro atoms. The Morgan fingerprint density at radius 1 is 1.35 bits per heavy atom. The van der Waals surface area contributed by atoms with Crippen LogP contribution in [0.2, 0.25) is 0 Å². The third-order valence-electron chi connectivity index (χ3n) is 3.03. The smallest absolute Gasteiger partial charge is 0.115 e. The number of hydrogen-bond acceptors (Lipinski definition) is 3. The molecule has 1 aromatic carbocycles. The Morgan fingerprint density at radius 3 is 2.41 bits per heavy atom. The lowest BCUT2D eigenvalue weighted by Gasteiger charge is -2.32. The maximum Gasteiger partial charge on any atom is 0.115 e. The molecule has 0 bridgehead atoms. The van der Waals surface area contributed by atoms with Crippen LogP contribution in [-0.2, 0) is 5.60 Å². The van der Waals surface area contributed by atoms with Gasteiger partial charge in [0.2, 0.25) is 0 Å². The summed E-state index contributed by atoms with van der Waals surface area (Å²) in [6, 6.07) is 6.82. The molecule has 98 valence electrons. The second kappa shape index (κ2) is 6.24. The Hall–Kier alpha value is -0.770. The largest absolute Gasteiger partial charge is 0.508 e. The first-order valence-electron chi connectivity index (χ1n) is 5.50. The van der Waals surface area contributed by atoms with Crippen molar-refractivity contribution in [2.24, 2.45) is 5.92 Å². The van der Waals surface area contributed by atoms with Crippen molar-refractivity contribution < 1.29 is 10.2 Å². The van der Waals surface area contributed by atoms with Crippen LogP contribution in [0.1, 0.15) is 19.4 Å². The molecule has 2 N–H and O–H groups in total. The Kier molecular flexibility index (Phi) is 5.96. The number of benzene rings is 1. The van der Waals surface area contributed by atoms with E-state index in [2.05, 4.69) is 0 Å². The number of phenols is 1. The molecule has 0 unspecified atom stereocenters. The van der Waals surface area contributed by atoms with Crippen LogP contribution in [-0.4, -0.2) is 35.8 Å². The Balaban J connectivity index is 0.00000256. The van der Waals surface area contributed by atoms with Crippen LogP contribution in [0.5, 0.6) is 5.75 Å². The summed E-state index contributed by atoms with van der Waals surface area (Å²) in [6.07, 6.45) is 0. The van der Waals surface area contributed by atoms with Crippen molar-refractivity contribution in [2.75, 3.05) is 20.6 Å². The van der Waals surface area contributed by atoms with E-state index < -0.39 is 5.60 Å². The molecule has 0 aromatic heterocycles. The fraction of sp³-hybridized carbons (Fsp3) is 0.538. The van der Waals surface area contributed by atoms with Crippen LogP contribution in [0.25, 0.3) is 0 Å². The molecule has 1 aromatic rings. The number of aliphatic hydroxyl groups is 1. The molecule has 0 aliphatic heterocycles. The minimum absolute atomic E-state index is 0. The van der Waals surface area contributed by atoms with Crippen LogP contribution < -0.4 is 0 Å². The monoisotopic (exact) mass is 259 g/mol. The summed E-state index contributed by atoms with van der Waals surface area (Å²) in [5.74, 6) is 0.277. The van der Waals surface area contributed by atoms with Crippen LogP contribution in [0.15, 0.2) is 24.3 Å². The van der Waals surface area contributed by atoms with Crippen LogP contribution in [0, 0.1) is 5.92 Å². The van der Waals surface area contributed by atoms with E-state index in [1.807, 2.05) is 32.0 Å². The number of aromatic hydroxyl groups is 1. The van der Waals surface area contributed by atoms with Gasteiger partial charge in [-0.1, -0.05) is 19.1 Å². The van der Waals surface area contributed by atoms with Gasteiger partial charge in [-0.25, -0.2) is 0 Å². The summed E-state index contributed by atoms with van der Waals surface area (Å²) < 4.78 is 0. The number of halogens is 1. The van der Waals surface area contributed by atoms with Crippen LogP contribution in [0.3, 0.4) is 0 Å².